The van der Waals surface area contributed by atoms with E-state index in [0.717, 1.165) is 6.54 Å². The minimum Gasteiger partial charge on any atom is -0.394 e. The van der Waals surface area contributed by atoms with Gasteiger partial charge in [0, 0.05) is 31.2 Å². The molecule has 1 saturated heterocycles. The molecule has 0 bridgehead atoms. The summed E-state index contributed by atoms with van der Waals surface area (Å²) in [7, 11) is 2.06. The molecule has 0 radical (unpaired) electrons. The molecule has 114 valence electrons. The van der Waals surface area contributed by atoms with Gasteiger partial charge in [-0.25, -0.2) is 4.79 Å². The highest BCUT2D eigenvalue weighted by atomic mass is 16.3. The minimum absolute atomic E-state index is 0.00469. The van der Waals surface area contributed by atoms with E-state index in [0.29, 0.717) is 0 Å². The van der Waals surface area contributed by atoms with E-state index in [-0.39, 0.29) is 36.7 Å². The van der Waals surface area contributed by atoms with E-state index in [1.165, 1.54) is 11.3 Å². The Bertz CT molecular complexity index is 546. The molecule has 3 atom stereocenters. The molecule has 0 saturated carbocycles. The van der Waals surface area contributed by atoms with Crippen LogP contribution >= 0.6 is 0 Å². The summed E-state index contributed by atoms with van der Waals surface area (Å²) in [5, 5.41) is 12.7. The molecular weight excluding hydrogens is 266 g/mol. The molecule has 5 nitrogen and oxygen atoms in total. The fourth-order valence-electron chi connectivity index (χ4n) is 3.68. The van der Waals surface area contributed by atoms with Crippen molar-refractivity contribution < 1.29 is 9.90 Å². The standard InChI is InChI=1S/C16H23N3O2/c1-10(2)17-16(21)19-13-8-18(3)12-7-5-4-6-11(12)15(13)14(19)9-20/h4-7,10,13-15,20H,8-9H2,1-3H3,(H,17,21)/t13-,14-,15+/m1/s1. The summed E-state index contributed by atoms with van der Waals surface area (Å²) in [6.45, 7) is 4.71. The summed E-state index contributed by atoms with van der Waals surface area (Å²) in [5.41, 5.74) is 2.45. The number of urea groups is 1. The molecule has 2 N–H and O–H groups in total. The number of carbonyl (C=O) groups excluding carboxylic acids is 1. The molecule has 2 amide bonds. The monoisotopic (exact) mass is 289 g/mol. The van der Waals surface area contributed by atoms with Gasteiger partial charge in [-0.15, -0.1) is 0 Å². The zero-order valence-corrected chi connectivity index (χ0v) is 12.8. The van der Waals surface area contributed by atoms with E-state index in [4.69, 9.17) is 0 Å². The lowest BCUT2D eigenvalue weighted by atomic mass is 9.72. The van der Waals surface area contributed by atoms with Crippen LogP contribution in [-0.2, 0) is 0 Å². The number of anilines is 1. The topological polar surface area (TPSA) is 55.8 Å². The van der Waals surface area contributed by atoms with Gasteiger partial charge in [0.25, 0.3) is 0 Å². The van der Waals surface area contributed by atoms with Crippen LogP contribution in [0.4, 0.5) is 10.5 Å². The zero-order valence-electron chi connectivity index (χ0n) is 12.8. The third kappa shape index (κ3) is 2.16. The van der Waals surface area contributed by atoms with Crippen molar-refractivity contribution in [3.05, 3.63) is 29.8 Å². The van der Waals surface area contributed by atoms with E-state index in [2.05, 4.69) is 29.4 Å². The summed E-state index contributed by atoms with van der Waals surface area (Å²) in [6, 6.07) is 8.33. The van der Waals surface area contributed by atoms with Gasteiger partial charge in [0.2, 0.25) is 0 Å². The fraction of sp³-hybridized carbons (Fsp3) is 0.562. The number of benzene rings is 1. The first-order valence-corrected chi connectivity index (χ1v) is 7.54. The number of para-hydroxylation sites is 1. The maximum Gasteiger partial charge on any atom is 0.318 e. The van der Waals surface area contributed by atoms with E-state index in [1.807, 2.05) is 30.9 Å². The minimum atomic E-state index is -0.122. The van der Waals surface area contributed by atoms with Crippen molar-refractivity contribution in [1.82, 2.24) is 10.2 Å². The summed E-state index contributed by atoms with van der Waals surface area (Å²) < 4.78 is 0. The Morgan fingerprint density at radius 1 is 1.43 bits per heavy atom. The van der Waals surface area contributed by atoms with Gasteiger partial charge in [0.05, 0.1) is 18.7 Å². The van der Waals surface area contributed by atoms with Gasteiger partial charge in [-0.1, -0.05) is 18.2 Å². The number of fused-ring (bicyclic) bond motifs is 3. The molecule has 0 aliphatic carbocycles. The number of carbonyl (C=O) groups is 1. The van der Waals surface area contributed by atoms with Crippen LogP contribution in [0.1, 0.15) is 25.3 Å². The van der Waals surface area contributed by atoms with Crippen molar-refractivity contribution in [1.29, 1.82) is 0 Å². The molecule has 2 heterocycles. The number of aliphatic hydroxyl groups excluding tert-OH is 1. The highest BCUT2D eigenvalue weighted by molar-refractivity contribution is 5.78. The number of aliphatic hydroxyl groups is 1. The van der Waals surface area contributed by atoms with E-state index in [1.54, 1.807) is 0 Å². The largest absolute Gasteiger partial charge is 0.394 e. The van der Waals surface area contributed by atoms with Crippen molar-refractivity contribution in [2.75, 3.05) is 25.1 Å². The highest BCUT2D eigenvalue weighted by Crippen LogP contribution is 2.47. The van der Waals surface area contributed by atoms with Gasteiger partial charge in [-0.3, -0.25) is 0 Å². The number of amides is 2. The van der Waals surface area contributed by atoms with Gasteiger partial charge in [-0.2, -0.15) is 0 Å². The SMILES string of the molecule is CC(C)NC(=O)N1[C@H](CO)[C@H]2c3ccccc3N(C)C[C@H]21. The lowest BCUT2D eigenvalue weighted by molar-refractivity contribution is -0.00784. The molecule has 2 aliphatic heterocycles. The summed E-state index contributed by atoms with van der Waals surface area (Å²) in [5.74, 6) is 0.236. The number of likely N-dealkylation sites (tertiary alicyclic amines) is 1. The Balaban J connectivity index is 1.89. The second kappa shape index (κ2) is 5.22. The fourth-order valence-corrected chi connectivity index (χ4v) is 3.68. The van der Waals surface area contributed by atoms with Crippen LogP contribution in [0.15, 0.2) is 24.3 Å². The van der Waals surface area contributed by atoms with E-state index < -0.39 is 0 Å². The quantitative estimate of drug-likeness (QED) is 0.865. The van der Waals surface area contributed by atoms with Gasteiger partial charge in [-0.05, 0) is 25.5 Å². The molecular formula is C16H23N3O2. The summed E-state index contributed by atoms with van der Waals surface area (Å²) >= 11 is 0. The van der Waals surface area contributed by atoms with Crippen LogP contribution in [0.3, 0.4) is 0 Å². The van der Waals surface area contributed by atoms with E-state index >= 15 is 0 Å². The van der Waals surface area contributed by atoms with Crippen LogP contribution in [0.2, 0.25) is 0 Å². The van der Waals surface area contributed by atoms with Crippen LogP contribution < -0.4 is 10.2 Å². The second-order valence-corrected chi connectivity index (χ2v) is 6.29. The van der Waals surface area contributed by atoms with Crippen LogP contribution in [0.25, 0.3) is 0 Å². The smallest absolute Gasteiger partial charge is 0.318 e. The molecule has 1 fully saturated rings. The van der Waals surface area contributed by atoms with Crippen molar-refractivity contribution in [3.8, 4) is 0 Å². The second-order valence-electron chi connectivity index (χ2n) is 6.29. The maximum absolute atomic E-state index is 12.4. The lowest BCUT2D eigenvalue weighted by Crippen LogP contribution is -2.71. The Labute approximate surface area is 125 Å². The number of rotatable bonds is 2. The van der Waals surface area contributed by atoms with Crippen LogP contribution in [0, 0.1) is 0 Å². The van der Waals surface area contributed by atoms with Crippen LogP contribution in [-0.4, -0.2) is 54.4 Å². The van der Waals surface area contributed by atoms with E-state index in [9.17, 15) is 9.90 Å². The number of hydrogen-bond donors (Lipinski definition) is 2. The Hall–Kier alpha value is -1.75. The Morgan fingerprint density at radius 2 is 2.14 bits per heavy atom. The molecule has 0 aromatic heterocycles. The third-order valence-electron chi connectivity index (χ3n) is 4.55. The van der Waals surface area contributed by atoms with Gasteiger partial charge < -0.3 is 20.2 Å². The maximum atomic E-state index is 12.4. The lowest BCUT2D eigenvalue weighted by Gasteiger charge is -2.58. The third-order valence-corrected chi connectivity index (χ3v) is 4.55. The number of nitrogens with zero attached hydrogens (tertiary/aromatic N) is 2. The average molecular weight is 289 g/mol. The van der Waals surface area contributed by atoms with Crippen molar-refractivity contribution in [2.45, 2.75) is 37.9 Å². The van der Waals surface area contributed by atoms with Gasteiger partial charge in [0.15, 0.2) is 0 Å². The normalized spacial score (nSPS) is 27.0. The molecule has 21 heavy (non-hydrogen) atoms. The average Bonchev–Trinajstić information content (AvgIpc) is 2.41. The highest BCUT2D eigenvalue weighted by Gasteiger charge is 2.54. The zero-order chi connectivity index (χ0) is 15.1. The molecule has 0 unspecified atom stereocenters. The summed E-state index contributed by atoms with van der Waals surface area (Å²) in [4.78, 5) is 16.4. The first kappa shape index (κ1) is 14.2. The molecule has 5 heteroatoms. The number of hydrogen-bond acceptors (Lipinski definition) is 3. The first-order chi connectivity index (χ1) is 10.0. The van der Waals surface area contributed by atoms with Crippen molar-refractivity contribution in [2.24, 2.45) is 0 Å². The number of nitrogens with one attached hydrogen (secondary N) is 1. The molecule has 3 rings (SSSR count). The molecule has 0 spiro atoms. The first-order valence-electron chi connectivity index (χ1n) is 7.54. The van der Waals surface area contributed by atoms with Crippen molar-refractivity contribution >= 4 is 11.7 Å². The Morgan fingerprint density at radius 3 is 2.81 bits per heavy atom. The summed E-state index contributed by atoms with van der Waals surface area (Å²) in [6.07, 6.45) is 0. The predicted octanol–water partition coefficient (Wildman–Crippen LogP) is 1.38. The van der Waals surface area contributed by atoms with Gasteiger partial charge in [0.1, 0.15) is 0 Å². The predicted molar refractivity (Wildman–Crippen MR) is 82.6 cm³/mol. The Kier molecular flexibility index (Phi) is 3.53. The van der Waals surface area contributed by atoms with Crippen molar-refractivity contribution in [3.63, 3.8) is 0 Å². The molecule has 2 aliphatic rings. The number of likely N-dealkylation sites (N-methyl/N-ethyl adjacent to an activating group) is 1. The van der Waals surface area contributed by atoms with Gasteiger partial charge >= 0.3 is 6.03 Å². The molecule has 1 aromatic rings. The molecule has 1 aromatic carbocycles. The van der Waals surface area contributed by atoms with Crippen LogP contribution in [0.5, 0.6) is 0 Å².